The Morgan fingerprint density at radius 2 is 1.72 bits per heavy atom. The second kappa shape index (κ2) is 10.4. The molecule has 3 aromatic carbocycles. The smallest absolute Gasteiger partial charge is 0.237 e. The van der Waals surface area contributed by atoms with Crippen molar-refractivity contribution in [3.05, 3.63) is 90.2 Å². The van der Waals surface area contributed by atoms with E-state index in [9.17, 15) is 9.18 Å². The predicted molar refractivity (Wildman–Crippen MR) is 129 cm³/mol. The Hall–Kier alpha value is -3.23. The molecule has 0 saturated carbocycles. The molecule has 0 aliphatic heterocycles. The fourth-order valence-corrected chi connectivity index (χ4v) is 4.90. The van der Waals surface area contributed by atoms with E-state index in [0.29, 0.717) is 16.0 Å². The van der Waals surface area contributed by atoms with E-state index in [-0.39, 0.29) is 17.0 Å². The van der Waals surface area contributed by atoms with E-state index in [1.165, 1.54) is 35.2 Å². The van der Waals surface area contributed by atoms with Crippen molar-refractivity contribution in [2.45, 2.75) is 23.1 Å². The van der Waals surface area contributed by atoms with Crippen molar-refractivity contribution in [3.8, 4) is 11.1 Å². The van der Waals surface area contributed by atoms with Crippen LogP contribution < -0.4 is 10.6 Å². The van der Waals surface area contributed by atoms with Crippen molar-refractivity contribution in [1.29, 1.82) is 0 Å². The first-order valence-corrected chi connectivity index (χ1v) is 11.7. The molecule has 1 atom stereocenters. The first-order valence-electron chi connectivity index (χ1n) is 10.0. The van der Waals surface area contributed by atoms with Crippen LogP contribution in [0.15, 0.2) is 83.2 Å². The number of benzene rings is 3. The zero-order chi connectivity index (χ0) is 22.3. The third kappa shape index (κ3) is 5.72. The lowest BCUT2D eigenvalue weighted by Gasteiger charge is -2.14. The highest BCUT2D eigenvalue weighted by atomic mass is 32.2. The molecule has 1 heterocycles. The second-order valence-corrected chi connectivity index (χ2v) is 9.58. The molecule has 2 N–H and O–H groups in total. The molecule has 0 aliphatic rings. The number of aromatic nitrogens is 2. The van der Waals surface area contributed by atoms with Crippen LogP contribution in [0, 0.1) is 5.82 Å². The molecule has 0 unspecified atom stereocenters. The highest BCUT2D eigenvalue weighted by molar-refractivity contribution is 8.02. The van der Waals surface area contributed by atoms with Crippen molar-refractivity contribution in [1.82, 2.24) is 10.2 Å². The Morgan fingerprint density at radius 1 is 1.00 bits per heavy atom. The molecule has 1 amide bonds. The van der Waals surface area contributed by atoms with E-state index in [2.05, 4.69) is 20.8 Å². The molecule has 1 aromatic heterocycles. The summed E-state index contributed by atoms with van der Waals surface area (Å²) < 4.78 is 13.7. The van der Waals surface area contributed by atoms with Gasteiger partial charge < -0.3 is 10.6 Å². The van der Waals surface area contributed by atoms with E-state index in [1.54, 1.807) is 12.1 Å². The van der Waals surface area contributed by atoms with E-state index in [1.807, 2.05) is 61.5 Å². The summed E-state index contributed by atoms with van der Waals surface area (Å²) in [5, 5.41) is 14.8. The molecule has 162 valence electrons. The van der Waals surface area contributed by atoms with Gasteiger partial charge in [-0.3, -0.25) is 4.79 Å². The van der Waals surface area contributed by atoms with Gasteiger partial charge in [0.05, 0.1) is 5.25 Å². The highest BCUT2D eigenvalue weighted by Crippen LogP contribution is 2.31. The largest absolute Gasteiger partial charge is 0.356 e. The van der Waals surface area contributed by atoms with Gasteiger partial charge in [-0.1, -0.05) is 83.8 Å². The second-order valence-electron chi connectivity index (χ2n) is 7.01. The number of carbonyl (C=O) groups is 1. The van der Waals surface area contributed by atoms with Gasteiger partial charge in [0.25, 0.3) is 0 Å². The van der Waals surface area contributed by atoms with Crippen molar-refractivity contribution >= 4 is 39.8 Å². The minimum absolute atomic E-state index is 0.102. The van der Waals surface area contributed by atoms with Crippen LogP contribution in [0.3, 0.4) is 0 Å². The normalized spacial score (nSPS) is 11.7. The van der Waals surface area contributed by atoms with Crippen LogP contribution in [0.4, 0.5) is 15.2 Å². The molecular formula is C24H21FN4OS2. The molecule has 0 spiro atoms. The molecule has 0 aliphatic carbocycles. The number of anilines is 2. The van der Waals surface area contributed by atoms with Crippen molar-refractivity contribution in [2.75, 3.05) is 10.6 Å². The molecular weight excluding hydrogens is 443 g/mol. The fraction of sp³-hybridized carbons (Fsp3) is 0.125. The summed E-state index contributed by atoms with van der Waals surface area (Å²) in [6, 6.07) is 24.0. The summed E-state index contributed by atoms with van der Waals surface area (Å²) in [7, 11) is 0. The van der Waals surface area contributed by atoms with E-state index < -0.39 is 0 Å². The number of hydrogen-bond acceptors (Lipinski definition) is 6. The van der Waals surface area contributed by atoms with Crippen molar-refractivity contribution < 1.29 is 9.18 Å². The summed E-state index contributed by atoms with van der Waals surface area (Å²) in [6.45, 7) is 2.37. The Bertz CT molecular complexity index is 1180. The van der Waals surface area contributed by atoms with Crippen LogP contribution in [0.5, 0.6) is 0 Å². The number of nitrogens with one attached hydrogen (secondary N) is 2. The number of hydrogen-bond donors (Lipinski definition) is 2. The lowest BCUT2D eigenvalue weighted by atomic mass is 10.0. The molecule has 4 rings (SSSR count). The number of rotatable bonds is 8. The number of carbonyl (C=O) groups excluding carboxylic acids is 1. The minimum Gasteiger partial charge on any atom is -0.356 e. The molecule has 0 fully saturated rings. The van der Waals surface area contributed by atoms with Gasteiger partial charge in [0.1, 0.15) is 5.82 Å². The van der Waals surface area contributed by atoms with Crippen molar-refractivity contribution in [3.63, 3.8) is 0 Å². The Morgan fingerprint density at radius 3 is 2.50 bits per heavy atom. The zero-order valence-electron chi connectivity index (χ0n) is 17.3. The topological polar surface area (TPSA) is 66.9 Å². The summed E-state index contributed by atoms with van der Waals surface area (Å²) in [6.07, 6.45) is 0. The summed E-state index contributed by atoms with van der Waals surface area (Å²) in [5.74, 6) is -0.364. The van der Waals surface area contributed by atoms with Crippen LogP contribution >= 0.6 is 23.1 Å². The number of para-hydroxylation sites is 1. The lowest BCUT2D eigenvalue weighted by Crippen LogP contribution is -2.22. The van der Waals surface area contributed by atoms with Gasteiger partial charge in [0.15, 0.2) is 4.34 Å². The monoisotopic (exact) mass is 464 g/mol. The molecule has 4 aromatic rings. The van der Waals surface area contributed by atoms with Crippen molar-refractivity contribution in [2.24, 2.45) is 0 Å². The Balaban J connectivity index is 1.35. The number of halogens is 1. The van der Waals surface area contributed by atoms with E-state index in [4.69, 9.17) is 0 Å². The van der Waals surface area contributed by atoms with Crippen LogP contribution in [-0.2, 0) is 11.3 Å². The number of thioether (sulfide) groups is 1. The van der Waals surface area contributed by atoms with Gasteiger partial charge >= 0.3 is 0 Å². The molecule has 8 heteroatoms. The van der Waals surface area contributed by atoms with Gasteiger partial charge in [0, 0.05) is 17.8 Å². The third-order valence-electron chi connectivity index (χ3n) is 4.68. The van der Waals surface area contributed by atoms with Crippen LogP contribution in [0.25, 0.3) is 11.1 Å². The quantitative estimate of drug-likeness (QED) is 0.310. The molecule has 0 radical (unpaired) electrons. The first kappa shape index (κ1) is 22.0. The first-order chi connectivity index (χ1) is 15.6. The predicted octanol–water partition coefficient (Wildman–Crippen LogP) is 6.08. The lowest BCUT2D eigenvalue weighted by molar-refractivity contribution is -0.115. The summed E-state index contributed by atoms with van der Waals surface area (Å²) in [4.78, 5) is 12.8. The average Bonchev–Trinajstić information content (AvgIpc) is 3.27. The molecule has 0 saturated heterocycles. The van der Waals surface area contributed by atoms with E-state index in [0.717, 1.165) is 22.4 Å². The molecule has 32 heavy (non-hydrogen) atoms. The standard InChI is InChI=1S/C24H21FN4OS2/c1-16(22(30)27-21-10-6-5-9-20(21)18-7-3-2-4-8-18)31-24-29-28-23(32-24)26-15-17-11-13-19(25)14-12-17/h2-14,16H,15H2,1H3,(H,26,28)(H,27,30)/t16-/m1/s1. The maximum absolute atomic E-state index is 13.0. The van der Waals surface area contributed by atoms with Crippen LogP contribution in [0.1, 0.15) is 12.5 Å². The Labute approximate surface area is 194 Å². The van der Waals surface area contributed by atoms with Crippen LogP contribution in [-0.4, -0.2) is 21.4 Å². The van der Waals surface area contributed by atoms with Gasteiger partial charge in [-0.15, -0.1) is 10.2 Å². The number of nitrogens with zero attached hydrogens (tertiary/aromatic N) is 2. The minimum atomic E-state index is -0.350. The Kier molecular flexibility index (Phi) is 7.14. The summed E-state index contributed by atoms with van der Waals surface area (Å²) in [5.41, 5.74) is 3.74. The maximum Gasteiger partial charge on any atom is 0.237 e. The average molecular weight is 465 g/mol. The maximum atomic E-state index is 13.0. The van der Waals surface area contributed by atoms with Gasteiger partial charge in [-0.25, -0.2) is 4.39 Å². The van der Waals surface area contributed by atoms with E-state index >= 15 is 0 Å². The number of amides is 1. The SMILES string of the molecule is C[C@@H](Sc1nnc(NCc2ccc(F)cc2)s1)C(=O)Nc1ccccc1-c1ccccc1. The molecule has 0 bridgehead atoms. The third-order valence-corrected chi connectivity index (χ3v) is 6.75. The van der Waals surface area contributed by atoms with Gasteiger partial charge in [-0.05, 0) is 36.2 Å². The van der Waals surface area contributed by atoms with Crippen LogP contribution in [0.2, 0.25) is 0 Å². The zero-order valence-corrected chi connectivity index (χ0v) is 18.9. The van der Waals surface area contributed by atoms with Gasteiger partial charge in [-0.2, -0.15) is 0 Å². The highest BCUT2D eigenvalue weighted by Gasteiger charge is 2.18. The summed E-state index contributed by atoms with van der Waals surface area (Å²) >= 11 is 2.74. The van der Waals surface area contributed by atoms with Gasteiger partial charge in [0.2, 0.25) is 11.0 Å². The molecule has 5 nitrogen and oxygen atoms in total. The fourth-order valence-electron chi connectivity index (χ4n) is 3.01.